The maximum atomic E-state index is 8.64. The Kier molecular flexibility index (Phi) is 2.61. The van der Waals surface area contributed by atoms with Crippen LogP contribution in [0.5, 0.6) is 0 Å². The number of rotatable bonds is 2. The van der Waals surface area contributed by atoms with Crippen LogP contribution in [0.1, 0.15) is 25.1 Å². The molecule has 0 N–H and O–H groups in total. The molecule has 1 heterocycles. The molecule has 0 aliphatic rings. The molecule has 0 amide bonds. The highest BCUT2D eigenvalue weighted by Crippen LogP contribution is 2.13. The fourth-order valence-corrected chi connectivity index (χ4v) is 1.53. The molecule has 1 aromatic heterocycles. The van der Waals surface area contributed by atoms with Crippen LogP contribution in [0, 0.1) is 17.2 Å². The number of hydrogen-bond donors (Lipinski definition) is 0. The number of nitriles is 1. The van der Waals surface area contributed by atoms with Crippen molar-refractivity contribution in [2.45, 2.75) is 20.3 Å². The monoisotopic (exact) mass is 166 g/mol. The molecule has 11 heavy (non-hydrogen) atoms. The summed E-state index contributed by atoms with van der Waals surface area (Å²) in [5, 5.41) is 10.4. The van der Waals surface area contributed by atoms with Gasteiger partial charge >= 0.3 is 0 Å². The SMILES string of the molecule is CC(C)Cc1nscc1C#N. The maximum absolute atomic E-state index is 8.64. The van der Waals surface area contributed by atoms with Crippen molar-refractivity contribution < 1.29 is 0 Å². The summed E-state index contributed by atoms with van der Waals surface area (Å²) in [4.78, 5) is 0. The molecule has 0 aliphatic heterocycles. The molecular weight excluding hydrogens is 156 g/mol. The molecule has 0 saturated heterocycles. The van der Waals surface area contributed by atoms with Crippen LogP contribution in [0.4, 0.5) is 0 Å². The van der Waals surface area contributed by atoms with Crippen LogP contribution in [-0.4, -0.2) is 4.37 Å². The first kappa shape index (κ1) is 8.22. The summed E-state index contributed by atoms with van der Waals surface area (Å²) in [5.41, 5.74) is 1.69. The van der Waals surface area contributed by atoms with E-state index in [2.05, 4.69) is 24.3 Å². The third-order valence-corrected chi connectivity index (χ3v) is 2.03. The van der Waals surface area contributed by atoms with Crippen LogP contribution in [-0.2, 0) is 6.42 Å². The van der Waals surface area contributed by atoms with E-state index in [4.69, 9.17) is 5.26 Å². The third kappa shape index (κ3) is 2.02. The lowest BCUT2D eigenvalue weighted by Crippen LogP contribution is -1.95. The Labute approximate surface area is 70.6 Å². The van der Waals surface area contributed by atoms with Crippen molar-refractivity contribution in [1.82, 2.24) is 4.37 Å². The molecule has 0 spiro atoms. The summed E-state index contributed by atoms with van der Waals surface area (Å²) in [5.74, 6) is 0.573. The Morgan fingerprint density at radius 1 is 1.73 bits per heavy atom. The topological polar surface area (TPSA) is 36.7 Å². The lowest BCUT2D eigenvalue weighted by Gasteiger charge is -1.99. The van der Waals surface area contributed by atoms with E-state index in [-0.39, 0.29) is 0 Å². The molecule has 0 atom stereocenters. The van der Waals surface area contributed by atoms with Gasteiger partial charge in [0, 0.05) is 5.38 Å². The highest BCUT2D eigenvalue weighted by Gasteiger charge is 2.06. The second kappa shape index (κ2) is 3.49. The predicted molar refractivity (Wildman–Crippen MR) is 45.4 cm³/mol. The fraction of sp³-hybridized carbons (Fsp3) is 0.500. The zero-order valence-electron chi connectivity index (χ0n) is 6.66. The summed E-state index contributed by atoms with van der Waals surface area (Å²) in [6.45, 7) is 4.25. The van der Waals surface area contributed by atoms with E-state index in [9.17, 15) is 0 Å². The summed E-state index contributed by atoms with van der Waals surface area (Å²) in [7, 11) is 0. The maximum Gasteiger partial charge on any atom is 0.102 e. The van der Waals surface area contributed by atoms with Gasteiger partial charge in [0.1, 0.15) is 6.07 Å². The van der Waals surface area contributed by atoms with E-state index in [1.165, 1.54) is 11.5 Å². The molecule has 0 radical (unpaired) electrons. The lowest BCUT2D eigenvalue weighted by molar-refractivity contribution is 0.638. The van der Waals surface area contributed by atoms with Crippen molar-refractivity contribution in [3.8, 4) is 6.07 Å². The molecule has 58 valence electrons. The summed E-state index contributed by atoms with van der Waals surface area (Å²) in [6.07, 6.45) is 0.909. The van der Waals surface area contributed by atoms with Crippen LogP contribution < -0.4 is 0 Å². The zero-order valence-corrected chi connectivity index (χ0v) is 7.48. The largest absolute Gasteiger partial charge is 0.196 e. The van der Waals surface area contributed by atoms with E-state index in [0.29, 0.717) is 5.92 Å². The lowest BCUT2D eigenvalue weighted by atomic mass is 10.1. The first-order valence-corrected chi connectivity index (χ1v) is 4.41. The van der Waals surface area contributed by atoms with Gasteiger partial charge < -0.3 is 0 Å². The number of aromatic nitrogens is 1. The molecule has 0 aromatic carbocycles. The Balaban J connectivity index is 2.79. The molecule has 2 nitrogen and oxygen atoms in total. The van der Waals surface area contributed by atoms with Gasteiger partial charge in [-0.05, 0) is 23.9 Å². The second-order valence-corrected chi connectivity index (χ2v) is 3.51. The standard InChI is InChI=1S/C8H10N2S/c1-6(2)3-8-7(4-9)5-11-10-8/h5-6H,3H2,1-2H3. The highest BCUT2D eigenvalue weighted by atomic mass is 32.1. The summed E-state index contributed by atoms with van der Waals surface area (Å²) in [6, 6.07) is 2.13. The van der Waals surface area contributed by atoms with Crippen LogP contribution in [0.15, 0.2) is 5.38 Å². The number of hydrogen-bond acceptors (Lipinski definition) is 3. The van der Waals surface area contributed by atoms with Gasteiger partial charge in [-0.25, -0.2) is 0 Å². The average Bonchev–Trinajstić information content (AvgIpc) is 2.34. The molecule has 0 fully saturated rings. The molecule has 1 aromatic rings. The molecular formula is C8H10N2S. The van der Waals surface area contributed by atoms with Crippen molar-refractivity contribution in [3.05, 3.63) is 16.6 Å². The molecule has 0 saturated carbocycles. The van der Waals surface area contributed by atoms with Crippen LogP contribution >= 0.6 is 11.5 Å². The van der Waals surface area contributed by atoms with Gasteiger partial charge in [0.25, 0.3) is 0 Å². The van der Waals surface area contributed by atoms with E-state index < -0.39 is 0 Å². The Morgan fingerprint density at radius 3 is 3.00 bits per heavy atom. The molecule has 1 rings (SSSR count). The Bertz CT molecular complexity index is 270. The van der Waals surface area contributed by atoms with Gasteiger partial charge in [0.15, 0.2) is 0 Å². The fourth-order valence-electron chi connectivity index (χ4n) is 0.885. The van der Waals surface area contributed by atoms with Gasteiger partial charge in [-0.2, -0.15) is 9.64 Å². The van der Waals surface area contributed by atoms with E-state index >= 15 is 0 Å². The number of nitrogens with zero attached hydrogens (tertiary/aromatic N) is 2. The smallest absolute Gasteiger partial charge is 0.102 e. The average molecular weight is 166 g/mol. The minimum Gasteiger partial charge on any atom is -0.196 e. The minimum atomic E-state index is 0.573. The van der Waals surface area contributed by atoms with Gasteiger partial charge in [-0.1, -0.05) is 13.8 Å². The van der Waals surface area contributed by atoms with Crippen molar-refractivity contribution in [1.29, 1.82) is 5.26 Å². The van der Waals surface area contributed by atoms with Gasteiger partial charge in [0.2, 0.25) is 0 Å². The van der Waals surface area contributed by atoms with Crippen molar-refractivity contribution in [2.75, 3.05) is 0 Å². The molecule has 0 unspecified atom stereocenters. The minimum absolute atomic E-state index is 0.573. The zero-order chi connectivity index (χ0) is 8.27. The normalized spacial score (nSPS) is 10.0. The molecule has 0 bridgehead atoms. The van der Waals surface area contributed by atoms with Crippen LogP contribution in [0.2, 0.25) is 0 Å². The summed E-state index contributed by atoms with van der Waals surface area (Å²) >= 11 is 1.36. The van der Waals surface area contributed by atoms with Crippen molar-refractivity contribution in [2.24, 2.45) is 5.92 Å². The van der Waals surface area contributed by atoms with Crippen LogP contribution in [0.25, 0.3) is 0 Å². The van der Waals surface area contributed by atoms with Crippen molar-refractivity contribution in [3.63, 3.8) is 0 Å². The summed E-state index contributed by atoms with van der Waals surface area (Å²) < 4.78 is 4.15. The second-order valence-electron chi connectivity index (χ2n) is 2.88. The van der Waals surface area contributed by atoms with Gasteiger partial charge in [0.05, 0.1) is 11.3 Å². The third-order valence-electron chi connectivity index (χ3n) is 1.37. The quantitative estimate of drug-likeness (QED) is 0.675. The molecule has 3 heteroatoms. The van der Waals surface area contributed by atoms with E-state index in [0.717, 1.165) is 17.7 Å². The van der Waals surface area contributed by atoms with Gasteiger partial charge in [-0.15, -0.1) is 0 Å². The van der Waals surface area contributed by atoms with Crippen LogP contribution in [0.3, 0.4) is 0 Å². The highest BCUT2D eigenvalue weighted by molar-refractivity contribution is 7.03. The Morgan fingerprint density at radius 2 is 2.45 bits per heavy atom. The first-order valence-electron chi connectivity index (χ1n) is 3.57. The predicted octanol–water partition coefficient (Wildman–Crippen LogP) is 2.21. The van der Waals surface area contributed by atoms with Gasteiger partial charge in [-0.3, -0.25) is 0 Å². The van der Waals surface area contributed by atoms with Crippen molar-refractivity contribution >= 4 is 11.5 Å². The molecule has 0 aliphatic carbocycles. The van der Waals surface area contributed by atoms with E-state index in [1.54, 1.807) is 5.38 Å². The van der Waals surface area contributed by atoms with E-state index in [1.807, 2.05) is 0 Å². The Hall–Kier alpha value is -0.880. The first-order chi connectivity index (χ1) is 5.24.